The Morgan fingerprint density at radius 2 is 2.24 bits per heavy atom. The lowest BCUT2D eigenvalue weighted by Gasteiger charge is -2.28. The first-order valence-corrected chi connectivity index (χ1v) is 6.96. The predicted octanol–water partition coefficient (Wildman–Crippen LogP) is 2.52. The molecule has 0 saturated carbocycles. The fourth-order valence-corrected chi connectivity index (χ4v) is 2.79. The minimum absolute atomic E-state index is 0.604. The third-order valence-electron chi connectivity index (χ3n) is 4.11. The van der Waals surface area contributed by atoms with E-state index in [1.54, 1.807) is 0 Å². The van der Waals surface area contributed by atoms with Gasteiger partial charge in [-0.1, -0.05) is 20.8 Å². The van der Waals surface area contributed by atoms with Gasteiger partial charge in [-0.15, -0.1) is 0 Å². The van der Waals surface area contributed by atoms with E-state index in [1.807, 2.05) is 6.92 Å². The maximum absolute atomic E-state index is 9.03. The molecule has 0 spiro atoms. The standard InChI is InChI=1S/C14H27N3/c1-4-14(16,11-15)8-6-10-17-9-5-7-13(17)12(2)3/h12-13H,4-10,16H2,1-3H3. The van der Waals surface area contributed by atoms with Gasteiger partial charge >= 0.3 is 0 Å². The molecule has 1 saturated heterocycles. The molecule has 0 amide bonds. The zero-order valence-corrected chi connectivity index (χ0v) is 11.6. The molecular weight excluding hydrogens is 210 g/mol. The van der Waals surface area contributed by atoms with Crippen LogP contribution in [-0.2, 0) is 0 Å². The van der Waals surface area contributed by atoms with Crippen LogP contribution in [0, 0.1) is 17.2 Å². The molecule has 1 rings (SSSR count). The molecule has 3 nitrogen and oxygen atoms in total. The van der Waals surface area contributed by atoms with Crippen LogP contribution in [0.25, 0.3) is 0 Å². The van der Waals surface area contributed by atoms with Crippen molar-refractivity contribution in [1.29, 1.82) is 5.26 Å². The predicted molar refractivity (Wildman–Crippen MR) is 71.5 cm³/mol. The van der Waals surface area contributed by atoms with Crippen molar-refractivity contribution >= 4 is 0 Å². The van der Waals surface area contributed by atoms with Crippen LogP contribution in [0.3, 0.4) is 0 Å². The van der Waals surface area contributed by atoms with Crippen molar-refractivity contribution in [1.82, 2.24) is 4.90 Å². The minimum atomic E-state index is -0.604. The van der Waals surface area contributed by atoms with Crippen molar-refractivity contribution in [3.8, 4) is 6.07 Å². The molecule has 1 heterocycles. The van der Waals surface area contributed by atoms with Crippen LogP contribution in [0.1, 0.15) is 52.9 Å². The van der Waals surface area contributed by atoms with Crippen molar-refractivity contribution in [2.75, 3.05) is 13.1 Å². The van der Waals surface area contributed by atoms with Gasteiger partial charge in [0.05, 0.1) is 6.07 Å². The molecule has 0 aromatic heterocycles. The molecule has 0 aliphatic carbocycles. The lowest BCUT2D eigenvalue weighted by molar-refractivity contribution is 0.199. The van der Waals surface area contributed by atoms with Gasteiger partial charge in [0.1, 0.15) is 5.54 Å². The van der Waals surface area contributed by atoms with Crippen LogP contribution in [0.2, 0.25) is 0 Å². The van der Waals surface area contributed by atoms with E-state index in [4.69, 9.17) is 11.0 Å². The van der Waals surface area contributed by atoms with E-state index >= 15 is 0 Å². The summed E-state index contributed by atoms with van der Waals surface area (Å²) in [6.45, 7) is 8.92. The summed E-state index contributed by atoms with van der Waals surface area (Å²) in [5.41, 5.74) is 5.39. The first-order chi connectivity index (χ1) is 8.02. The molecule has 1 aliphatic heterocycles. The monoisotopic (exact) mass is 237 g/mol. The Labute approximate surface area is 106 Å². The van der Waals surface area contributed by atoms with Gasteiger partial charge in [-0.25, -0.2) is 0 Å². The largest absolute Gasteiger partial charge is 0.313 e. The first kappa shape index (κ1) is 14.5. The summed E-state index contributed by atoms with van der Waals surface area (Å²) in [6, 6.07) is 2.99. The van der Waals surface area contributed by atoms with Crippen LogP contribution >= 0.6 is 0 Å². The number of nitriles is 1. The second-order valence-electron chi connectivity index (χ2n) is 5.71. The van der Waals surface area contributed by atoms with Crippen LogP contribution < -0.4 is 5.73 Å². The summed E-state index contributed by atoms with van der Waals surface area (Å²) in [6.07, 6.45) is 5.26. The molecule has 17 heavy (non-hydrogen) atoms. The molecule has 2 unspecified atom stereocenters. The van der Waals surface area contributed by atoms with Crippen LogP contribution in [-0.4, -0.2) is 29.6 Å². The highest BCUT2D eigenvalue weighted by Gasteiger charge is 2.27. The lowest BCUT2D eigenvalue weighted by atomic mass is 9.93. The summed E-state index contributed by atoms with van der Waals surface area (Å²) in [5, 5.41) is 9.03. The van der Waals surface area contributed by atoms with E-state index in [-0.39, 0.29) is 0 Å². The van der Waals surface area contributed by atoms with Crippen molar-refractivity contribution in [3.63, 3.8) is 0 Å². The number of nitrogens with two attached hydrogens (primary N) is 1. The molecule has 0 aromatic rings. The Balaban J connectivity index is 2.34. The molecule has 98 valence electrons. The first-order valence-electron chi connectivity index (χ1n) is 6.96. The van der Waals surface area contributed by atoms with Gasteiger partial charge in [-0.05, 0) is 51.1 Å². The summed E-state index contributed by atoms with van der Waals surface area (Å²) >= 11 is 0. The molecule has 0 aromatic carbocycles. The average molecular weight is 237 g/mol. The molecule has 0 bridgehead atoms. The smallest absolute Gasteiger partial charge is 0.104 e. The maximum atomic E-state index is 9.03. The van der Waals surface area contributed by atoms with Crippen molar-refractivity contribution in [3.05, 3.63) is 0 Å². The zero-order chi connectivity index (χ0) is 12.9. The maximum Gasteiger partial charge on any atom is 0.104 e. The Morgan fingerprint density at radius 1 is 1.53 bits per heavy atom. The van der Waals surface area contributed by atoms with E-state index < -0.39 is 5.54 Å². The summed E-state index contributed by atoms with van der Waals surface area (Å²) in [4.78, 5) is 2.58. The van der Waals surface area contributed by atoms with Crippen LogP contribution in [0.15, 0.2) is 0 Å². The van der Waals surface area contributed by atoms with Gasteiger partial charge < -0.3 is 10.6 Å². The van der Waals surface area contributed by atoms with Gasteiger partial charge in [-0.3, -0.25) is 0 Å². The highest BCUT2D eigenvalue weighted by molar-refractivity contribution is 5.03. The highest BCUT2D eigenvalue weighted by atomic mass is 15.2. The van der Waals surface area contributed by atoms with Gasteiger partial charge in [0.15, 0.2) is 0 Å². The number of nitrogens with zero attached hydrogens (tertiary/aromatic N) is 2. The third kappa shape index (κ3) is 3.97. The topological polar surface area (TPSA) is 53.1 Å². The Kier molecular flexibility index (Phi) is 5.42. The van der Waals surface area contributed by atoms with Gasteiger partial charge in [0, 0.05) is 6.04 Å². The number of hydrogen-bond acceptors (Lipinski definition) is 3. The highest BCUT2D eigenvalue weighted by Crippen LogP contribution is 2.24. The second kappa shape index (κ2) is 6.37. The number of likely N-dealkylation sites (tertiary alicyclic amines) is 1. The number of rotatable bonds is 6. The molecule has 3 heteroatoms. The van der Waals surface area contributed by atoms with Gasteiger partial charge in [-0.2, -0.15) is 5.26 Å². The number of hydrogen-bond donors (Lipinski definition) is 1. The molecule has 2 N–H and O–H groups in total. The second-order valence-corrected chi connectivity index (χ2v) is 5.71. The zero-order valence-electron chi connectivity index (χ0n) is 11.6. The molecular formula is C14H27N3. The van der Waals surface area contributed by atoms with Crippen molar-refractivity contribution in [2.45, 2.75) is 64.5 Å². The summed E-state index contributed by atoms with van der Waals surface area (Å²) in [5.74, 6) is 0.738. The fourth-order valence-electron chi connectivity index (χ4n) is 2.79. The normalized spacial score (nSPS) is 24.8. The van der Waals surface area contributed by atoms with Crippen LogP contribution in [0.5, 0.6) is 0 Å². The molecule has 1 fully saturated rings. The van der Waals surface area contributed by atoms with Gasteiger partial charge in [0.25, 0.3) is 0 Å². The quantitative estimate of drug-likeness (QED) is 0.772. The SMILES string of the molecule is CCC(N)(C#N)CCCN1CCCC1C(C)C. The molecule has 2 atom stereocenters. The minimum Gasteiger partial charge on any atom is -0.313 e. The van der Waals surface area contributed by atoms with E-state index in [1.165, 1.54) is 19.4 Å². The van der Waals surface area contributed by atoms with Crippen molar-refractivity contribution in [2.24, 2.45) is 11.7 Å². The fraction of sp³-hybridized carbons (Fsp3) is 0.929. The van der Waals surface area contributed by atoms with Crippen molar-refractivity contribution < 1.29 is 0 Å². The summed E-state index contributed by atoms with van der Waals surface area (Å²) < 4.78 is 0. The van der Waals surface area contributed by atoms with Crippen LogP contribution in [0.4, 0.5) is 0 Å². The Morgan fingerprint density at radius 3 is 2.76 bits per heavy atom. The Hall–Kier alpha value is -0.590. The van der Waals surface area contributed by atoms with E-state index in [9.17, 15) is 0 Å². The van der Waals surface area contributed by atoms with E-state index in [0.717, 1.165) is 37.8 Å². The Bertz CT molecular complexity index is 269. The van der Waals surface area contributed by atoms with E-state index in [2.05, 4.69) is 24.8 Å². The third-order valence-corrected chi connectivity index (χ3v) is 4.11. The molecule has 1 aliphatic rings. The average Bonchev–Trinajstić information content (AvgIpc) is 2.77. The molecule has 0 radical (unpaired) electrons. The van der Waals surface area contributed by atoms with Gasteiger partial charge in [0.2, 0.25) is 0 Å². The van der Waals surface area contributed by atoms with E-state index in [0.29, 0.717) is 0 Å². The lowest BCUT2D eigenvalue weighted by Crippen LogP contribution is -2.39. The summed E-state index contributed by atoms with van der Waals surface area (Å²) in [7, 11) is 0.